The number of anilines is 1. The minimum atomic E-state index is -3.88. The first-order valence-electron chi connectivity index (χ1n) is 8.46. The van der Waals surface area contributed by atoms with Crippen LogP contribution >= 0.6 is 0 Å². The molecule has 2 aromatic carbocycles. The molecule has 0 amide bonds. The predicted molar refractivity (Wildman–Crippen MR) is 102 cm³/mol. The summed E-state index contributed by atoms with van der Waals surface area (Å²) in [5, 5.41) is 7.82. The summed E-state index contributed by atoms with van der Waals surface area (Å²) in [7, 11) is -3.88. The van der Waals surface area contributed by atoms with Gasteiger partial charge in [0.2, 0.25) is 5.78 Å². The Morgan fingerprint density at radius 3 is 2.11 bits per heavy atom. The molecule has 0 aliphatic carbocycles. The number of benzene rings is 2. The monoisotopic (exact) mass is 384 g/mol. The van der Waals surface area contributed by atoms with Crippen LogP contribution in [-0.2, 0) is 16.6 Å². The number of rotatable bonds is 6. The maximum absolute atomic E-state index is 12.8. The number of aromatic nitrogens is 3. The van der Waals surface area contributed by atoms with Crippen LogP contribution in [0.4, 0.5) is 5.82 Å². The smallest absolute Gasteiger partial charge is 0.263 e. The van der Waals surface area contributed by atoms with E-state index in [9.17, 15) is 13.2 Å². The fraction of sp³-hybridized carbons (Fsp3) is 0.211. The second-order valence-electron chi connectivity index (χ2n) is 6.22. The second kappa shape index (κ2) is 7.32. The molecule has 3 rings (SSSR count). The van der Waals surface area contributed by atoms with Crippen molar-refractivity contribution in [3.63, 3.8) is 0 Å². The van der Waals surface area contributed by atoms with Gasteiger partial charge in [0.05, 0.1) is 4.90 Å². The zero-order valence-corrected chi connectivity index (χ0v) is 16.1. The van der Waals surface area contributed by atoms with Crippen molar-refractivity contribution in [2.45, 2.75) is 32.2 Å². The number of hydrogen-bond acceptors (Lipinski definition) is 5. The Morgan fingerprint density at radius 2 is 1.56 bits per heavy atom. The van der Waals surface area contributed by atoms with Crippen molar-refractivity contribution in [1.29, 1.82) is 0 Å². The van der Waals surface area contributed by atoms with E-state index in [4.69, 9.17) is 0 Å². The number of nitrogens with one attached hydrogen (secondary N) is 1. The first-order chi connectivity index (χ1) is 12.8. The molecular formula is C19H20N4O3S. The van der Waals surface area contributed by atoms with Crippen LogP contribution in [0.25, 0.3) is 0 Å². The van der Waals surface area contributed by atoms with Gasteiger partial charge in [0.15, 0.2) is 11.5 Å². The largest absolute Gasteiger partial charge is 0.287 e. The van der Waals surface area contributed by atoms with Crippen LogP contribution in [0.2, 0.25) is 0 Å². The lowest BCUT2D eigenvalue weighted by Crippen LogP contribution is -2.18. The van der Waals surface area contributed by atoms with Crippen molar-refractivity contribution in [3.8, 4) is 0 Å². The average molecular weight is 384 g/mol. The molecule has 27 heavy (non-hydrogen) atoms. The number of aryl methyl sites for hydroxylation is 3. The summed E-state index contributed by atoms with van der Waals surface area (Å²) in [6, 6.07) is 13.4. The van der Waals surface area contributed by atoms with Crippen LogP contribution in [-0.4, -0.2) is 29.2 Å². The Balaban J connectivity index is 2.00. The Bertz CT molecular complexity index is 1070. The molecule has 0 saturated heterocycles. The number of hydrogen-bond donors (Lipinski definition) is 1. The van der Waals surface area contributed by atoms with Crippen molar-refractivity contribution in [3.05, 3.63) is 70.9 Å². The Kier molecular flexibility index (Phi) is 5.09. The molecule has 7 nitrogen and oxygen atoms in total. The minimum absolute atomic E-state index is 0.0311. The van der Waals surface area contributed by atoms with Gasteiger partial charge in [0.25, 0.3) is 10.0 Å². The maximum Gasteiger partial charge on any atom is 0.263 e. The van der Waals surface area contributed by atoms with Crippen LogP contribution in [0.3, 0.4) is 0 Å². The van der Waals surface area contributed by atoms with Crippen molar-refractivity contribution < 1.29 is 13.2 Å². The molecule has 8 heteroatoms. The normalized spacial score (nSPS) is 11.4. The highest BCUT2D eigenvalue weighted by Crippen LogP contribution is 2.22. The molecule has 1 aromatic heterocycles. The molecule has 0 unspecified atom stereocenters. The summed E-state index contributed by atoms with van der Waals surface area (Å²) in [5.41, 5.74) is 2.35. The topological polar surface area (TPSA) is 93.9 Å². The lowest BCUT2D eigenvalue weighted by molar-refractivity contribution is 0.103. The first-order valence-corrected chi connectivity index (χ1v) is 9.94. The van der Waals surface area contributed by atoms with Gasteiger partial charge in [-0.25, -0.2) is 13.1 Å². The Morgan fingerprint density at radius 1 is 1.00 bits per heavy atom. The molecule has 0 aliphatic rings. The third-order valence-corrected chi connectivity index (χ3v) is 5.48. The van der Waals surface area contributed by atoms with Gasteiger partial charge in [-0.05, 0) is 32.9 Å². The van der Waals surface area contributed by atoms with Gasteiger partial charge < -0.3 is 0 Å². The van der Waals surface area contributed by atoms with Crippen molar-refractivity contribution in [2.24, 2.45) is 0 Å². The molecule has 0 fully saturated rings. The molecule has 0 radical (unpaired) electrons. The third-order valence-electron chi connectivity index (χ3n) is 4.13. The van der Waals surface area contributed by atoms with E-state index >= 15 is 0 Å². The van der Waals surface area contributed by atoms with E-state index in [0.29, 0.717) is 12.1 Å². The van der Waals surface area contributed by atoms with E-state index in [1.54, 1.807) is 31.2 Å². The van der Waals surface area contributed by atoms with Gasteiger partial charge in [-0.2, -0.15) is 0 Å². The summed E-state index contributed by atoms with van der Waals surface area (Å²) < 4.78 is 29.3. The summed E-state index contributed by atoms with van der Waals surface area (Å²) >= 11 is 0. The molecule has 0 aliphatic heterocycles. The highest BCUT2D eigenvalue weighted by Gasteiger charge is 2.25. The molecule has 0 bridgehead atoms. The van der Waals surface area contributed by atoms with E-state index in [-0.39, 0.29) is 16.4 Å². The zero-order valence-electron chi connectivity index (χ0n) is 15.3. The molecule has 1 N–H and O–H groups in total. The van der Waals surface area contributed by atoms with Crippen molar-refractivity contribution in [2.75, 3.05) is 4.72 Å². The first kappa shape index (κ1) is 18.8. The number of carbonyl (C=O) groups is 1. The number of nitrogens with zero attached hydrogens (tertiary/aromatic N) is 3. The van der Waals surface area contributed by atoms with Crippen molar-refractivity contribution >= 4 is 21.6 Å². The third kappa shape index (κ3) is 3.90. The molecule has 0 spiro atoms. The number of carbonyl (C=O) groups excluding carboxylic acids is 1. The van der Waals surface area contributed by atoms with E-state index in [1.807, 2.05) is 26.0 Å². The van der Waals surface area contributed by atoms with E-state index in [0.717, 1.165) is 11.1 Å². The fourth-order valence-electron chi connectivity index (χ4n) is 2.53. The summed E-state index contributed by atoms with van der Waals surface area (Å²) in [4.78, 5) is 12.9. The summed E-state index contributed by atoms with van der Waals surface area (Å²) in [6.45, 7) is 5.94. The molecule has 140 valence electrons. The fourth-order valence-corrected chi connectivity index (χ4v) is 3.60. The van der Waals surface area contributed by atoms with E-state index < -0.39 is 15.8 Å². The summed E-state index contributed by atoms with van der Waals surface area (Å²) in [5.74, 6) is -0.333. The van der Waals surface area contributed by atoms with Gasteiger partial charge >= 0.3 is 0 Å². The van der Waals surface area contributed by atoms with Crippen LogP contribution in [0.1, 0.15) is 34.1 Å². The zero-order chi connectivity index (χ0) is 19.6. The highest BCUT2D eigenvalue weighted by molar-refractivity contribution is 7.92. The van der Waals surface area contributed by atoms with Gasteiger partial charge in [0, 0.05) is 12.1 Å². The standard InChI is InChI=1S/C19H20N4O3S/c1-4-23-19(21-27(25,26)16-11-7-14(3)8-12-16)17(20-22-23)18(24)15-9-5-13(2)6-10-15/h5-12,21H,4H2,1-3H3. The Hall–Kier alpha value is -3.00. The van der Waals surface area contributed by atoms with E-state index in [1.165, 1.54) is 16.8 Å². The van der Waals surface area contributed by atoms with Crippen LogP contribution < -0.4 is 4.72 Å². The lowest BCUT2D eigenvalue weighted by atomic mass is 10.1. The van der Waals surface area contributed by atoms with Gasteiger partial charge in [-0.15, -0.1) is 5.10 Å². The second-order valence-corrected chi connectivity index (χ2v) is 7.90. The quantitative estimate of drug-likeness (QED) is 0.660. The number of ketones is 1. The predicted octanol–water partition coefficient (Wildman–Crippen LogP) is 2.95. The Labute approximate surface area is 158 Å². The summed E-state index contributed by atoms with van der Waals surface area (Å²) in [6.07, 6.45) is 0. The van der Waals surface area contributed by atoms with Gasteiger partial charge in [0.1, 0.15) is 0 Å². The highest BCUT2D eigenvalue weighted by atomic mass is 32.2. The molecule has 0 saturated carbocycles. The van der Waals surface area contributed by atoms with Crippen LogP contribution in [0.5, 0.6) is 0 Å². The van der Waals surface area contributed by atoms with Crippen molar-refractivity contribution in [1.82, 2.24) is 15.0 Å². The van der Waals surface area contributed by atoms with Crippen LogP contribution in [0.15, 0.2) is 53.4 Å². The van der Waals surface area contributed by atoms with Gasteiger partial charge in [-0.1, -0.05) is 52.7 Å². The van der Waals surface area contributed by atoms with E-state index in [2.05, 4.69) is 15.0 Å². The molecular weight excluding hydrogens is 364 g/mol. The average Bonchev–Trinajstić information content (AvgIpc) is 3.04. The minimum Gasteiger partial charge on any atom is -0.287 e. The molecule has 3 aromatic rings. The van der Waals surface area contributed by atoms with Gasteiger partial charge in [-0.3, -0.25) is 9.52 Å². The molecule has 1 heterocycles. The van der Waals surface area contributed by atoms with Crippen LogP contribution in [0, 0.1) is 13.8 Å². The lowest BCUT2D eigenvalue weighted by Gasteiger charge is -2.10. The maximum atomic E-state index is 12.8. The SMILES string of the molecule is CCn1nnc(C(=O)c2ccc(C)cc2)c1NS(=O)(=O)c1ccc(C)cc1. The number of sulfonamides is 1. The molecule has 0 atom stereocenters.